The van der Waals surface area contributed by atoms with E-state index in [4.69, 9.17) is 33.3 Å². The highest BCUT2D eigenvalue weighted by molar-refractivity contribution is 9.10. The molecule has 1 aliphatic rings. The summed E-state index contributed by atoms with van der Waals surface area (Å²) in [6, 6.07) is 18.7. The predicted octanol–water partition coefficient (Wildman–Crippen LogP) is 6.26. The fraction of sp³-hybridized carbons (Fsp3) is 0.120. The van der Waals surface area contributed by atoms with Gasteiger partial charge in [-0.3, -0.25) is 9.69 Å². The number of hydrogen-bond donors (Lipinski definition) is 1. The molecule has 33 heavy (non-hydrogen) atoms. The molecule has 0 unspecified atom stereocenters. The van der Waals surface area contributed by atoms with Crippen molar-refractivity contribution in [2.45, 2.75) is 13.5 Å². The van der Waals surface area contributed by atoms with Gasteiger partial charge in [-0.25, -0.2) is 0 Å². The summed E-state index contributed by atoms with van der Waals surface area (Å²) in [5.41, 5.74) is 3.80. The summed E-state index contributed by atoms with van der Waals surface area (Å²) in [6.45, 7) is 2.22. The number of carbonyl (C=O) groups is 1. The molecule has 8 heteroatoms. The molecule has 0 bridgehead atoms. The van der Waals surface area contributed by atoms with Crippen molar-refractivity contribution in [3.05, 3.63) is 92.5 Å². The van der Waals surface area contributed by atoms with Gasteiger partial charge in [-0.1, -0.05) is 45.7 Å². The Morgan fingerprint density at radius 1 is 1.12 bits per heavy atom. The number of methoxy groups -OCH3 is 1. The molecule has 1 aliphatic heterocycles. The highest BCUT2D eigenvalue weighted by Gasteiger charge is 2.32. The molecule has 1 saturated heterocycles. The van der Waals surface area contributed by atoms with E-state index >= 15 is 0 Å². The number of carbonyl (C=O) groups excluding carboxylic acids is 1. The Bertz CT molecular complexity index is 1280. The van der Waals surface area contributed by atoms with Crippen molar-refractivity contribution in [1.82, 2.24) is 5.32 Å². The highest BCUT2D eigenvalue weighted by atomic mass is 79.9. The third kappa shape index (κ3) is 5.21. The minimum Gasteiger partial charge on any atom is -0.496 e. The number of rotatable bonds is 6. The first-order chi connectivity index (χ1) is 15.9. The van der Waals surface area contributed by atoms with Crippen LogP contribution in [0.2, 0.25) is 5.02 Å². The molecule has 1 heterocycles. The van der Waals surface area contributed by atoms with Gasteiger partial charge in [-0.15, -0.1) is 0 Å². The normalized spacial score (nSPS) is 14.5. The van der Waals surface area contributed by atoms with Crippen LogP contribution in [-0.4, -0.2) is 18.1 Å². The molecule has 1 amide bonds. The van der Waals surface area contributed by atoms with Crippen molar-refractivity contribution in [3.8, 4) is 11.5 Å². The van der Waals surface area contributed by atoms with Crippen LogP contribution in [0.3, 0.4) is 0 Å². The zero-order chi connectivity index (χ0) is 23.5. The molecule has 0 aromatic heterocycles. The van der Waals surface area contributed by atoms with Crippen LogP contribution in [0, 0.1) is 6.92 Å². The van der Waals surface area contributed by atoms with Gasteiger partial charge >= 0.3 is 0 Å². The largest absolute Gasteiger partial charge is 0.496 e. The van der Waals surface area contributed by atoms with E-state index in [2.05, 4.69) is 21.2 Å². The highest BCUT2D eigenvalue weighted by Crippen LogP contribution is 2.30. The molecule has 5 nitrogen and oxygen atoms in total. The maximum absolute atomic E-state index is 13.1. The van der Waals surface area contributed by atoms with Crippen molar-refractivity contribution < 1.29 is 14.3 Å². The maximum atomic E-state index is 13.1. The van der Waals surface area contributed by atoms with Crippen LogP contribution < -0.4 is 19.7 Å². The van der Waals surface area contributed by atoms with Gasteiger partial charge in [0.05, 0.1) is 17.8 Å². The van der Waals surface area contributed by atoms with Crippen LogP contribution >= 0.6 is 39.7 Å². The van der Waals surface area contributed by atoms with E-state index in [1.165, 1.54) is 4.90 Å². The number of hydrogen-bond acceptors (Lipinski definition) is 4. The van der Waals surface area contributed by atoms with E-state index in [1.54, 1.807) is 25.3 Å². The Morgan fingerprint density at radius 3 is 2.64 bits per heavy atom. The molecule has 0 spiro atoms. The Kier molecular flexibility index (Phi) is 7.02. The molecule has 0 radical (unpaired) electrons. The number of halogens is 2. The van der Waals surface area contributed by atoms with Crippen LogP contribution in [-0.2, 0) is 11.4 Å². The topological polar surface area (TPSA) is 50.8 Å². The van der Waals surface area contributed by atoms with Crippen LogP contribution in [0.5, 0.6) is 11.5 Å². The number of anilines is 1. The Morgan fingerprint density at radius 2 is 1.91 bits per heavy atom. The minimum absolute atomic E-state index is 0.208. The average molecular weight is 544 g/mol. The van der Waals surface area contributed by atoms with Gasteiger partial charge in [0.2, 0.25) is 0 Å². The Hall–Kier alpha value is -2.87. The second-order valence-corrected chi connectivity index (χ2v) is 9.11. The molecular weight excluding hydrogens is 524 g/mol. The molecule has 0 saturated carbocycles. The molecule has 0 atom stereocenters. The van der Waals surface area contributed by atoms with E-state index in [0.717, 1.165) is 26.9 Å². The zero-order valence-electron chi connectivity index (χ0n) is 17.9. The molecular formula is C25H20BrClN2O3S. The monoisotopic (exact) mass is 542 g/mol. The minimum atomic E-state index is -0.208. The second kappa shape index (κ2) is 9.95. The van der Waals surface area contributed by atoms with Gasteiger partial charge < -0.3 is 14.8 Å². The molecule has 0 aliphatic carbocycles. The number of amides is 1. The van der Waals surface area contributed by atoms with Crippen molar-refractivity contribution >= 4 is 62.5 Å². The lowest BCUT2D eigenvalue weighted by Gasteiger charge is -2.14. The standard InChI is InChI=1S/C25H20BrClN2O3S/c1-15-4-3-5-19(10-15)29-24(30)21(28-25(29)33)12-16-6-8-22(31-2)17(11-16)14-32-23-9-7-18(26)13-20(23)27/h3-13H,14H2,1-2H3,(H,28,33)/b21-12+. The first-order valence-corrected chi connectivity index (χ1v) is 11.6. The number of ether oxygens (including phenoxy) is 2. The lowest BCUT2D eigenvalue weighted by Crippen LogP contribution is -2.30. The van der Waals surface area contributed by atoms with E-state index in [0.29, 0.717) is 27.3 Å². The lowest BCUT2D eigenvalue weighted by atomic mass is 10.1. The number of nitrogens with one attached hydrogen (secondary N) is 1. The third-order valence-corrected chi connectivity index (χ3v) is 6.10. The van der Waals surface area contributed by atoms with Crippen LogP contribution in [0.25, 0.3) is 6.08 Å². The lowest BCUT2D eigenvalue weighted by molar-refractivity contribution is -0.113. The van der Waals surface area contributed by atoms with Gasteiger partial charge in [0.1, 0.15) is 23.8 Å². The smallest absolute Gasteiger partial charge is 0.281 e. The molecule has 3 aromatic rings. The third-order valence-electron chi connectivity index (χ3n) is 5.03. The first-order valence-electron chi connectivity index (χ1n) is 10.0. The van der Waals surface area contributed by atoms with Crippen LogP contribution in [0.4, 0.5) is 5.69 Å². The molecule has 3 aromatic carbocycles. The van der Waals surface area contributed by atoms with E-state index in [9.17, 15) is 4.79 Å². The summed E-state index contributed by atoms with van der Waals surface area (Å²) in [6.07, 6.45) is 1.76. The molecule has 168 valence electrons. The number of benzene rings is 3. The fourth-order valence-electron chi connectivity index (χ4n) is 3.45. The summed E-state index contributed by atoms with van der Waals surface area (Å²) in [7, 11) is 1.60. The average Bonchev–Trinajstić information content (AvgIpc) is 3.06. The number of thiocarbonyl (C=S) groups is 1. The SMILES string of the molecule is COc1ccc(/C=C2/NC(=S)N(c3cccc(C)c3)C2=O)cc1COc1ccc(Br)cc1Cl. The Balaban J connectivity index is 1.58. The quantitative estimate of drug-likeness (QED) is 0.294. The van der Waals surface area contributed by atoms with Gasteiger partial charge in [-0.05, 0) is 78.8 Å². The first kappa shape index (κ1) is 23.3. The van der Waals surface area contributed by atoms with Gasteiger partial charge in [0.15, 0.2) is 5.11 Å². The zero-order valence-corrected chi connectivity index (χ0v) is 21.1. The maximum Gasteiger partial charge on any atom is 0.281 e. The molecule has 4 rings (SSSR count). The van der Waals surface area contributed by atoms with Crippen molar-refractivity contribution in [2.75, 3.05) is 12.0 Å². The summed E-state index contributed by atoms with van der Waals surface area (Å²) in [5.74, 6) is 1.03. The summed E-state index contributed by atoms with van der Waals surface area (Å²) >= 11 is 15.1. The fourth-order valence-corrected chi connectivity index (χ4v) is 4.48. The predicted molar refractivity (Wildman–Crippen MR) is 139 cm³/mol. The van der Waals surface area contributed by atoms with Crippen molar-refractivity contribution in [1.29, 1.82) is 0 Å². The van der Waals surface area contributed by atoms with E-state index in [-0.39, 0.29) is 12.5 Å². The second-order valence-electron chi connectivity index (χ2n) is 7.40. The van der Waals surface area contributed by atoms with Gasteiger partial charge in [0, 0.05) is 10.0 Å². The van der Waals surface area contributed by atoms with Crippen LogP contribution in [0.15, 0.2) is 70.8 Å². The van der Waals surface area contributed by atoms with Crippen molar-refractivity contribution in [3.63, 3.8) is 0 Å². The van der Waals surface area contributed by atoms with E-state index < -0.39 is 0 Å². The summed E-state index contributed by atoms with van der Waals surface area (Å²) in [4.78, 5) is 14.6. The van der Waals surface area contributed by atoms with Gasteiger partial charge in [0.25, 0.3) is 5.91 Å². The summed E-state index contributed by atoms with van der Waals surface area (Å²) in [5, 5.41) is 3.88. The molecule has 1 N–H and O–H groups in total. The summed E-state index contributed by atoms with van der Waals surface area (Å²) < 4.78 is 12.3. The molecule has 1 fully saturated rings. The number of aryl methyl sites for hydroxylation is 1. The number of nitrogens with zero attached hydrogens (tertiary/aromatic N) is 1. The van der Waals surface area contributed by atoms with Gasteiger partial charge in [-0.2, -0.15) is 0 Å². The Labute approximate surface area is 211 Å². The van der Waals surface area contributed by atoms with E-state index in [1.807, 2.05) is 55.5 Å². The van der Waals surface area contributed by atoms with Crippen molar-refractivity contribution in [2.24, 2.45) is 0 Å². The van der Waals surface area contributed by atoms with Crippen LogP contribution in [0.1, 0.15) is 16.7 Å².